The molecule has 3 aromatic rings. The number of anilines is 1. The van der Waals surface area contributed by atoms with Gasteiger partial charge < -0.3 is 29.4 Å². The van der Waals surface area contributed by atoms with Crippen LogP contribution < -0.4 is 24.3 Å². The smallest absolute Gasteiger partial charge is 0.203 e. The summed E-state index contributed by atoms with van der Waals surface area (Å²) in [5.74, 6) is 2.51. The minimum absolute atomic E-state index is 0.240. The van der Waals surface area contributed by atoms with Crippen LogP contribution in [0.4, 0.5) is 5.69 Å². The molecule has 1 atom stereocenters. The molecule has 0 saturated carbocycles. The van der Waals surface area contributed by atoms with Gasteiger partial charge in [-0.25, -0.2) is 5.01 Å². The molecule has 1 unspecified atom stereocenters. The van der Waals surface area contributed by atoms with E-state index in [1.165, 1.54) is 0 Å². The number of rotatable bonds is 7. The van der Waals surface area contributed by atoms with Gasteiger partial charge in [0, 0.05) is 6.42 Å². The van der Waals surface area contributed by atoms with Crippen LogP contribution in [0.5, 0.6) is 28.7 Å². The van der Waals surface area contributed by atoms with E-state index in [0.717, 1.165) is 28.1 Å². The predicted octanol–water partition coefficient (Wildman–Crippen LogP) is 5.28. The van der Waals surface area contributed by atoms with E-state index in [4.69, 9.17) is 36.3 Å². The normalized spacial score (nSPS) is 14.8. The Morgan fingerprint density at radius 2 is 1.61 bits per heavy atom. The predicted molar refractivity (Wildman–Crippen MR) is 144 cm³/mol. The molecule has 9 heteroatoms. The Labute approximate surface area is 216 Å². The van der Waals surface area contributed by atoms with E-state index in [2.05, 4.69) is 5.32 Å². The third-order valence-corrected chi connectivity index (χ3v) is 6.36. The van der Waals surface area contributed by atoms with Gasteiger partial charge in [0.15, 0.2) is 16.6 Å². The largest absolute Gasteiger partial charge is 0.508 e. The number of hydrazone groups is 1. The highest BCUT2D eigenvalue weighted by Crippen LogP contribution is 2.43. The van der Waals surface area contributed by atoms with Gasteiger partial charge >= 0.3 is 0 Å². The monoisotopic (exact) mass is 507 g/mol. The van der Waals surface area contributed by atoms with Gasteiger partial charge in [0.05, 0.1) is 45.9 Å². The Morgan fingerprint density at radius 3 is 2.22 bits per heavy atom. The number of nitrogens with one attached hydrogen (secondary N) is 1. The second-order valence-electron chi connectivity index (χ2n) is 8.20. The van der Waals surface area contributed by atoms with Gasteiger partial charge in [-0.3, -0.25) is 0 Å². The molecule has 0 aromatic heterocycles. The minimum Gasteiger partial charge on any atom is -0.508 e. The molecule has 1 heterocycles. The van der Waals surface area contributed by atoms with Crippen molar-refractivity contribution < 1.29 is 24.1 Å². The number of hydrogen-bond acceptors (Lipinski definition) is 7. The van der Waals surface area contributed by atoms with E-state index in [0.29, 0.717) is 34.5 Å². The van der Waals surface area contributed by atoms with E-state index in [1.54, 1.807) is 39.5 Å². The van der Waals surface area contributed by atoms with E-state index in [9.17, 15) is 5.11 Å². The van der Waals surface area contributed by atoms with Crippen LogP contribution in [0, 0.1) is 6.92 Å². The zero-order valence-electron chi connectivity index (χ0n) is 20.9. The van der Waals surface area contributed by atoms with Gasteiger partial charge in [0.25, 0.3) is 0 Å². The van der Waals surface area contributed by atoms with Crippen molar-refractivity contribution in [3.05, 3.63) is 71.3 Å². The molecule has 3 aromatic carbocycles. The van der Waals surface area contributed by atoms with Crippen molar-refractivity contribution in [1.82, 2.24) is 5.01 Å². The molecule has 0 amide bonds. The summed E-state index contributed by atoms with van der Waals surface area (Å²) in [6.07, 6.45) is 0.566. The zero-order valence-corrected chi connectivity index (χ0v) is 21.7. The van der Waals surface area contributed by atoms with Crippen molar-refractivity contribution in [2.24, 2.45) is 5.10 Å². The second-order valence-corrected chi connectivity index (χ2v) is 8.59. The Balaban J connectivity index is 1.76. The number of nitrogens with zero attached hydrogens (tertiary/aromatic N) is 2. The summed E-state index contributed by atoms with van der Waals surface area (Å²) < 4.78 is 22.2. The number of hydrogen-bond donors (Lipinski definition) is 2. The first-order valence-electron chi connectivity index (χ1n) is 11.3. The third-order valence-electron chi connectivity index (χ3n) is 6.07. The van der Waals surface area contributed by atoms with Crippen LogP contribution in [0.15, 0.2) is 59.7 Å². The average molecular weight is 508 g/mol. The maximum atomic E-state index is 10.0. The van der Waals surface area contributed by atoms with Crippen LogP contribution in [0.1, 0.15) is 29.2 Å². The van der Waals surface area contributed by atoms with Gasteiger partial charge in [-0.1, -0.05) is 12.1 Å². The van der Waals surface area contributed by atoms with Gasteiger partial charge in [-0.05, 0) is 78.3 Å². The third kappa shape index (κ3) is 4.87. The van der Waals surface area contributed by atoms with Crippen molar-refractivity contribution in [3.8, 4) is 28.7 Å². The summed E-state index contributed by atoms with van der Waals surface area (Å²) >= 11 is 5.83. The highest BCUT2D eigenvalue weighted by Gasteiger charge is 2.33. The summed E-state index contributed by atoms with van der Waals surface area (Å²) in [6, 6.07) is 16.6. The maximum absolute atomic E-state index is 10.0. The fourth-order valence-corrected chi connectivity index (χ4v) is 4.46. The van der Waals surface area contributed by atoms with Gasteiger partial charge in [0.2, 0.25) is 5.75 Å². The van der Waals surface area contributed by atoms with Crippen LogP contribution in [-0.2, 0) is 0 Å². The summed E-state index contributed by atoms with van der Waals surface area (Å²) in [5.41, 5.74) is 4.14. The number of methoxy groups -OCH3 is 4. The Bertz CT molecular complexity index is 1290. The standard InChI is InChI=1S/C27H29N3O5S/c1-16-12-17(10-11-22(16)31)20-15-21(18-13-24(33-3)26(35-5)25(14-18)34-4)30(29-20)27(36)28-19-8-6-7-9-23(19)32-2/h6-14,21,31H,15H2,1-5H3,(H,28,36). The number of ether oxygens (including phenoxy) is 4. The van der Waals surface area contributed by atoms with E-state index >= 15 is 0 Å². The quantitative estimate of drug-likeness (QED) is 0.418. The molecule has 0 bridgehead atoms. The Kier molecular flexibility index (Phi) is 7.49. The molecule has 36 heavy (non-hydrogen) atoms. The summed E-state index contributed by atoms with van der Waals surface area (Å²) in [7, 11) is 6.36. The number of aryl methyl sites for hydroxylation is 1. The second kappa shape index (κ2) is 10.7. The van der Waals surface area contributed by atoms with Crippen molar-refractivity contribution >= 4 is 28.7 Å². The molecule has 8 nitrogen and oxygen atoms in total. The first-order chi connectivity index (χ1) is 17.4. The molecule has 1 aliphatic rings. The first-order valence-corrected chi connectivity index (χ1v) is 11.7. The average Bonchev–Trinajstić information content (AvgIpc) is 3.35. The topological polar surface area (TPSA) is 84.8 Å². The highest BCUT2D eigenvalue weighted by atomic mass is 32.1. The van der Waals surface area contributed by atoms with Crippen molar-refractivity contribution in [3.63, 3.8) is 0 Å². The van der Waals surface area contributed by atoms with E-state index in [-0.39, 0.29) is 11.8 Å². The summed E-state index contributed by atoms with van der Waals surface area (Å²) in [6.45, 7) is 1.86. The van der Waals surface area contributed by atoms with Crippen LogP contribution in [0.3, 0.4) is 0 Å². The molecular formula is C27H29N3O5S. The van der Waals surface area contributed by atoms with Crippen molar-refractivity contribution in [1.29, 1.82) is 0 Å². The van der Waals surface area contributed by atoms with E-state index < -0.39 is 0 Å². The lowest BCUT2D eigenvalue weighted by atomic mass is 9.97. The SMILES string of the molecule is COc1ccccc1NC(=S)N1N=C(c2ccc(O)c(C)c2)CC1c1cc(OC)c(OC)c(OC)c1. The molecule has 0 aliphatic carbocycles. The van der Waals surface area contributed by atoms with Gasteiger partial charge in [-0.2, -0.15) is 5.10 Å². The van der Waals surface area contributed by atoms with Gasteiger partial charge in [-0.15, -0.1) is 0 Å². The molecule has 1 aliphatic heterocycles. The van der Waals surface area contributed by atoms with Gasteiger partial charge in [0.1, 0.15) is 11.5 Å². The first kappa shape index (κ1) is 25.1. The highest BCUT2D eigenvalue weighted by molar-refractivity contribution is 7.80. The lowest BCUT2D eigenvalue weighted by molar-refractivity contribution is 0.319. The Morgan fingerprint density at radius 1 is 0.944 bits per heavy atom. The maximum Gasteiger partial charge on any atom is 0.203 e. The molecule has 188 valence electrons. The van der Waals surface area contributed by atoms with E-state index in [1.807, 2.05) is 55.5 Å². The molecule has 0 saturated heterocycles. The molecule has 0 fully saturated rings. The molecular weight excluding hydrogens is 478 g/mol. The van der Waals surface area contributed by atoms with Crippen molar-refractivity contribution in [2.75, 3.05) is 33.8 Å². The van der Waals surface area contributed by atoms with Crippen LogP contribution in [-0.4, -0.2) is 49.4 Å². The Hall–Kier alpha value is -3.98. The van der Waals surface area contributed by atoms with Crippen molar-refractivity contribution in [2.45, 2.75) is 19.4 Å². The van der Waals surface area contributed by atoms with Crippen LogP contribution in [0.25, 0.3) is 0 Å². The molecule has 0 radical (unpaired) electrons. The number of thiocarbonyl (C=S) groups is 1. The van der Waals surface area contributed by atoms with Crippen LogP contribution >= 0.6 is 12.2 Å². The fraction of sp³-hybridized carbons (Fsp3) is 0.259. The molecule has 2 N–H and O–H groups in total. The number of aromatic hydroxyl groups is 1. The lowest BCUT2D eigenvalue weighted by Gasteiger charge is -2.26. The summed E-state index contributed by atoms with van der Waals surface area (Å²) in [5, 5.41) is 20.4. The number of benzene rings is 3. The number of phenolic OH excluding ortho intramolecular Hbond substituents is 1. The number of para-hydroxylation sites is 2. The number of phenols is 1. The molecule has 0 spiro atoms. The fourth-order valence-electron chi connectivity index (χ4n) is 4.18. The lowest BCUT2D eigenvalue weighted by Crippen LogP contribution is -2.31. The summed E-state index contributed by atoms with van der Waals surface area (Å²) in [4.78, 5) is 0. The minimum atomic E-state index is -0.252. The molecule has 4 rings (SSSR count). The van der Waals surface area contributed by atoms with Crippen LogP contribution in [0.2, 0.25) is 0 Å². The zero-order chi connectivity index (χ0) is 25.8.